The van der Waals surface area contributed by atoms with E-state index < -0.39 is 0 Å². The molecule has 4 atom stereocenters. The van der Waals surface area contributed by atoms with Crippen molar-refractivity contribution in [1.29, 1.82) is 0 Å². The number of carbonyl (C=O) groups excluding carboxylic acids is 1. The third-order valence-electron chi connectivity index (χ3n) is 6.80. The molecule has 1 N–H and O–H groups in total. The predicted octanol–water partition coefficient (Wildman–Crippen LogP) is 3.30. The smallest absolute Gasteiger partial charge is 0.287 e. The first-order valence-corrected chi connectivity index (χ1v) is 10.9. The molecule has 5 heterocycles. The number of hydrogen-bond donors (Lipinski definition) is 1. The maximum Gasteiger partial charge on any atom is 0.287 e. The molecule has 1 amide bonds. The van der Waals surface area contributed by atoms with Crippen LogP contribution in [0, 0.1) is 5.92 Å². The number of nitrogens with zero attached hydrogens (tertiary/aromatic N) is 3. The second-order valence-corrected chi connectivity index (χ2v) is 8.53. The van der Waals surface area contributed by atoms with Crippen LogP contribution in [0.1, 0.15) is 35.0 Å². The van der Waals surface area contributed by atoms with E-state index in [9.17, 15) is 4.79 Å². The molecule has 3 aromatic rings. The summed E-state index contributed by atoms with van der Waals surface area (Å²) in [6.45, 7) is 2.75. The number of fused-ring (bicyclic) bond motifs is 3. The van der Waals surface area contributed by atoms with E-state index >= 15 is 0 Å². The number of hydrogen-bond acceptors (Lipinski definition) is 5. The normalized spacial score (nSPS) is 24.8. The zero-order valence-electron chi connectivity index (χ0n) is 18.0. The molecule has 3 fully saturated rings. The van der Waals surface area contributed by atoms with Crippen molar-refractivity contribution in [1.82, 2.24) is 20.0 Å². The van der Waals surface area contributed by atoms with Gasteiger partial charge in [-0.05, 0) is 67.8 Å². The van der Waals surface area contributed by atoms with Gasteiger partial charge in [0.05, 0.1) is 19.1 Å². The molecule has 3 aliphatic rings. The van der Waals surface area contributed by atoms with E-state index in [1.165, 1.54) is 18.4 Å². The number of rotatable bonds is 6. The van der Waals surface area contributed by atoms with E-state index in [1.807, 2.05) is 23.9 Å². The van der Waals surface area contributed by atoms with Crippen LogP contribution in [0.2, 0.25) is 0 Å². The van der Waals surface area contributed by atoms with Gasteiger partial charge in [-0.3, -0.25) is 14.4 Å². The monoisotopic (exact) mass is 420 g/mol. The Morgan fingerprint density at radius 2 is 2.13 bits per heavy atom. The number of ether oxygens (including phenoxy) is 1. The quantitative estimate of drug-likeness (QED) is 0.663. The van der Waals surface area contributed by atoms with E-state index in [-0.39, 0.29) is 5.91 Å². The van der Waals surface area contributed by atoms with Gasteiger partial charge in [0.15, 0.2) is 5.76 Å². The van der Waals surface area contributed by atoms with Crippen LogP contribution in [-0.2, 0) is 7.05 Å². The molecule has 4 unspecified atom stereocenters. The molecular weight excluding hydrogens is 392 g/mol. The van der Waals surface area contributed by atoms with Gasteiger partial charge < -0.3 is 14.5 Å². The first-order chi connectivity index (χ1) is 15.1. The summed E-state index contributed by atoms with van der Waals surface area (Å²) in [6.07, 6.45) is 3.81. The maximum atomic E-state index is 12.2. The minimum Gasteiger partial charge on any atom is -0.497 e. The molecule has 3 aliphatic heterocycles. The van der Waals surface area contributed by atoms with Gasteiger partial charge >= 0.3 is 0 Å². The Balaban J connectivity index is 1.26. The molecular formula is C24H28N4O3. The number of nitrogens with one attached hydrogen (secondary N) is 1. The molecule has 6 rings (SSSR count). The van der Waals surface area contributed by atoms with Gasteiger partial charge in [0, 0.05) is 43.4 Å². The highest BCUT2D eigenvalue weighted by molar-refractivity contribution is 5.91. The van der Waals surface area contributed by atoms with Gasteiger partial charge in [-0.1, -0.05) is 0 Å². The minimum atomic E-state index is -0.139. The molecule has 0 radical (unpaired) electrons. The standard InChI is InChI=1S/C24H28N4O3/c1-27-22(13-21(26-27)16-5-7-19(30-2)8-6-16)20-15-28-10-9-17(20)12-18(28)14-25-24(29)23-4-3-11-31-23/h3-8,11,13,17-18,20H,9-10,12,14-15H2,1-2H3,(H,25,29). The number of carbonyl (C=O) groups is 1. The molecule has 2 aromatic heterocycles. The fourth-order valence-electron chi connectivity index (χ4n) is 5.12. The van der Waals surface area contributed by atoms with Crippen molar-refractivity contribution in [3.8, 4) is 17.0 Å². The zero-order chi connectivity index (χ0) is 21.4. The number of amides is 1. The molecule has 0 aliphatic carbocycles. The Morgan fingerprint density at radius 3 is 2.81 bits per heavy atom. The SMILES string of the molecule is COc1ccc(-c2cc(C3CN4CCC3CC4CNC(=O)c3ccco3)n(C)n2)cc1. The number of methoxy groups -OCH3 is 1. The van der Waals surface area contributed by atoms with Crippen molar-refractivity contribution in [3.05, 3.63) is 60.2 Å². The fourth-order valence-corrected chi connectivity index (χ4v) is 5.12. The van der Waals surface area contributed by atoms with Crippen LogP contribution in [0.5, 0.6) is 5.75 Å². The van der Waals surface area contributed by atoms with Gasteiger partial charge in [0.25, 0.3) is 5.91 Å². The van der Waals surface area contributed by atoms with Gasteiger partial charge in [0.1, 0.15) is 5.75 Å². The van der Waals surface area contributed by atoms with Crippen LogP contribution in [0.3, 0.4) is 0 Å². The van der Waals surface area contributed by atoms with Crippen molar-refractivity contribution in [2.24, 2.45) is 13.0 Å². The lowest BCUT2D eigenvalue weighted by atomic mass is 9.74. The Hall–Kier alpha value is -3.06. The summed E-state index contributed by atoms with van der Waals surface area (Å²) in [5, 5.41) is 7.83. The molecule has 7 nitrogen and oxygen atoms in total. The predicted molar refractivity (Wildman–Crippen MR) is 117 cm³/mol. The second kappa shape index (κ2) is 8.23. The van der Waals surface area contributed by atoms with Crippen molar-refractivity contribution in [3.63, 3.8) is 0 Å². The lowest BCUT2D eigenvalue weighted by Gasteiger charge is -2.49. The largest absolute Gasteiger partial charge is 0.497 e. The zero-order valence-corrected chi connectivity index (χ0v) is 18.0. The number of aryl methyl sites for hydroxylation is 1. The third-order valence-corrected chi connectivity index (χ3v) is 6.80. The summed E-state index contributed by atoms with van der Waals surface area (Å²) in [7, 11) is 3.72. The van der Waals surface area contributed by atoms with Crippen LogP contribution in [0.4, 0.5) is 0 Å². The first-order valence-electron chi connectivity index (χ1n) is 10.9. The van der Waals surface area contributed by atoms with Crippen LogP contribution < -0.4 is 10.1 Å². The number of aromatic nitrogens is 2. The first kappa shape index (κ1) is 19.9. The number of piperidine rings is 3. The molecule has 162 valence electrons. The number of benzene rings is 1. The van der Waals surface area contributed by atoms with Crippen LogP contribution in [-0.4, -0.2) is 53.4 Å². The Kier molecular flexibility index (Phi) is 5.28. The lowest BCUT2D eigenvalue weighted by molar-refractivity contribution is 0.0278. The second-order valence-electron chi connectivity index (χ2n) is 8.53. The molecule has 3 saturated heterocycles. The van der Waals surface area contributed by atoms with Crippen molar-refractivity contribution < 1.29 is 13.9 Å². The molecule has 2 bridgehead atoms. The van der Waals surface area contributed by atoms with E-state index in [2.05, 4.69) is 28.4 Å². The maximum absolute atomic E-state index is 12.2. The highest BCUT2D eigenvalue weighted by Gasteiger charge is 2.41. The molecule has 0 spiro atoms. The average molecular weight is 421 g/mol. The molecule has 0 saturated carbocycles. The van der Waals surface area contributed by atoms with Gasteiger partial charge in [-0.15, -0.1) is 0 Å². The van der Waals surface area contributed by atoms with Crippen LogP contribution >= 0.6 is 0 Å². The third kappa shape index (κ3) is 3.85. The molecule has 31 heavy (non-hydrogen) atoms. The van der Waals surface area contributed by atoms with E-state index in [0.717, 1.165) is 36.5 Å². The van der Waals surface area contributed by atoms with Crippen molar-refractivity contribution >= 4 is 5.91 Å². The summed E-state index contributed by atoms with van der Waals surface area (Å²) >= 11 is 0. The fraction of sp³-hybridized carbons (Fsp3) is 0.417. The molecule has 7 heteroatoms. The van der Waals surface area contributed by atoms with Gasteiger partial charge in [-0.25, -0.2) is 0 Å². The summed E-state index contributed by atoms with van der Waals surface area (Å²) in [4.78, 5) is 14.7. The highest BCUT2D eigenvalue weighted by atomic mass is 16.5. The Morgan fingerprint density at radius 1 is 1.29 bits per heavy atom. The number of furan rings is 1. The van der Waals surface area contributed by atoms with E-state index in [1.54, 1.807) is 19.2 Å². The van der Waals surface area contributed by atoms with E-state index in [4.69, 9.17) is 14.3 Å². The Labute approximate surface area is 182 Å². The van der Waals surface area contributed by atoms with Gasteiger partial charge in [0.2, 0.25) is 0 Å². The molecule has 1 aromatic carbocycles. The van der Waals surface area contributed by atoms with Crippen molar-refractivity contribution in [2.75, 3.05) is 26.7 Å². The summed E-state index contributed by atoms with van der Waals surface area (Å²) in [6, 6.07) is 14.1. The minimum absolute atomic E-state index is 0.139. The summed E-state index contributed by atoms with van der Waals surface area (Å²) in [5.41, 5.74) is 3.39. The Bertz CT molecular complexity index is 1040. The lowest BCUT2D eigenvalue weighted by Crippen LogP contribution is -2.56. The average Bonchev–Trinajstić information content (AvgIpc) is 3.48. The highest BCUT2D eigenvalue weighted by Crippen LogP contribution is 2.42. The van der Waals surface area contributed by atoms with E-state index in [0.29, 0.717) is 30.2 Å². The van der Waals surface area contributed by atoms with Gasteiger partial charge in [-0.2, -0.15) is 5.10 Å². The van der Waals surface area contributed by atoms with Crippen molar-refractivity contribution in [2.45, 2.75) is 24.8 Å². The summed E-state index contributed by atoms with van der Waals surface area (Å²) < 4.78 is 12.5. The topological polar surface area (TPSA) is 72.5 Å². The van der Waals surface area contributed by atoms with Crippen LogP contribution in [0.25, 0.3) is 11.3 Å². The summed E-state index contributed by atoms with van der Waals surface area (Å²) in [5.74, 6) is 2.15. The van der Waals surface area contributed by atoms with Crippen LogP contribution in [0.15, 0.2) is 53.1 Å².